The molecule has 6 nitrogen and oxygen atoms in total. The number of nitrogens with one attached hydrogen (secondary N) is 3. The summed E-state index contributed by atoms with van der Waals surface area (Å²) in [4.78, 5) is 20.3. The fourth-order valence-electron chi connectivity index (χ4n) is 2.56. The SMILES string of the molecule is O=C(NCCc1ccc2c(n1)NCCC2)NCc1ccncc1. The molecule has 3 N–H and O–H groups in total. The Morgan fingerprint density at radius 1 is 1.17 bits per heavy atom. The summed E-state index contributed by atoms with van der Waals surface area (Å²) in [6.07, 6.45) is 6.39. The number of anilines is 1. The Bertz CT molecular complexity index is 659. The van der Waals surface area contributed by atoms with Crippen molar-refractivity contribution >= 4 is 11.8 Å². The van der Waals surface area contributed by atoms with Crippen molar-refractivity contribution in [2.45, 2.75) is 25.8 Å². The molecule has 0 saturated heterocycles. The minimum atomic E-state index is -0.169. The van der Waals surface area contributed by atoms with Crippen LogP contribution in [0, 0.1) is 0 Å². The van der Waals surface area contributed by atoms with Crippen molar-refractivity contribution in [1.29, 1.82) is 0 Å². The molecule has 6 heteroatoms. The summed E-state index contributed by atoms with van der Waals surface area (Å²) in [7, 11) is 0. The number of pyridine rings is 2. The van der Waals surface area contributed by atoms with Gasteiger partial charge in [0, 0.05) is 44.1 Å². The van der Waals surface area contributed by atoms with Gasteiger partial charge < -0.3 is 16.0 Å². The first-order chi connectivity index (χ1) is 11.3. The molecular weight excluding hydrogens is 290 g/mol. The number of hydrogen-bond acceptors (Lipinski definition) is 4. The van der Waals surface area contributed by atoms with Crippen LogP contribution in [0.15, 0.2) is 36.7 Å². The maximum absolute atomic E-state index is 11.8. The molecule has 1 aliphatic heterocycles. The second-order valence-corrected chi connectivity index (χ2v) is 5.56. The van der Waals surface area contributed by atoms with Gasteiger partial charge in [-0.3, -0.25) is 4.98 Å². The molecule has 0 unspecified atom stereocenters. The monoisotopic (exact) mass is 311 g/mol. The number of carbonyl (C=O) groups excluding carboxylic acids is 1. The zero-order valence-electron chi connectivity index (χ0n) is 13.0. The molecule has 0 atom stereocenters. The second kappa shape index (κ2) is 7.58. The van der Waals surface area contributed by atoms with Crippen molar-refractivity contribution in [2.75, 3.05) is 18.4 Å². The molecule has 1 aliphatic rings. The molecule has 2 aromatic heterocycles. The van der Waals surface area contributed by atoms with E-state index in [1.54, 1.807) is 12.4 Å². The van der Waals surface area contributed by atoms with Crippen LogP contribution < -0.4 is 16.0 Å². The lowest BCUT2D eigenvalue weighted by atomic mass is 10.1. The van der Waals surface area contributed by atoms with Gasteiger partial charge in [0.05, 0.1) is 0 Å². The summed E-state index contributed by atoms with van der Waals surface area (Å²) in [6.45, 7) is 2.04. The van der Waals surface area contributed by atoms with E-state index < -0.39 is 0 Å². The summed E-state index contributed by atoms with van der Waals surface area (Å²) in [5, 5.41) is 9.00. The van der Waals surface area contributed by atoms with E-state index in [9.17, 15) is 4.79 Å². The van der Waals surface area contributed by atoms with Crippen molar-refractivity contribution in [2.24, 2.45) is 0 Å². The van der Waals surface area contributed by atoms with Crippen LogP contribution in [0.2, 0.25) is 0 Å². The van der Waals surface area contributed by atoms with Crippen LogP contribution in [0.3, 0.4) is 0 Å². The lowest BCUT2D eigenvalue weighted by Gasteiger charge is -2.17. The first-order valence-corrected chi connectivity index (χ1v) is 7.94. The Morgan fingerprint density at radius 2 is 2.04 bits per heavy atom. The van der Waals surface area contributed by atoms with E-state index in [4.69, 9.17) is 0 Å². The van der Waals surface area contributed by atoms with Crippen LogP contribution in [0.25, 0.3) is 0 Å². The highest BCUT2D eigenvalue weighted by atomic mass is 16.2. The maximum Gasteiger partial charge on any atom is 0.315 e. The van der Waals surface area contributed by atoms with Gasteiger partial charge >= 0.3 is 6.03 Å². The summed E-state index contributed by atoms with van der Waals surface area (Å²) in [6, 6.07) is 7.77. The molecule has 0 aliphatic carbocycles. The van der Waals surface area contributed by atoms with Crippen molar-refractivity contribution in [3.8, 4) is 0 Å². The molecule has 0 fully saturated rings. The molecule has 0 radical (unpaired) electrons. The Hall–Kier alpha value is -2.63. The van der Waals surface area contributed by atoms with Gasteiger partial charge in [-0.2, -0.15) is 0 Å². The highest BCUT2D eigenvalue weighted by Crippen LogP contribution is 2.19. The molecule has 0 saturated carbocycles. The third-order valence-electron chi connectivity index (χ3n) is 3.82. The van der Waals surface area contributed by atoms with E-state index in [2.05, 4.69) is 32.0 Å². The molecule has 3 heterocycles. The molecule has 0 spiro atoms. The van der Waals surface area contributed by atoms with Gasteiger partial charge in [0.15, 0.2) is 0 Å². The number of carbonyl (C=O) groups is 1. The lowest BCUT2D eigenvalue weighted by Crippen LogP contribution is -2.36. The highest BCUT2D eigenvalue weighted by molar-refractivity contribution is 5.73. The zero-order chi connectivity index (χ0) is 15.9. The Labute approximate surface area is 135 Å². The van der Waals surface area contributed by atoms with Gasteiger partial charge in [-0.25, -0.2) is 9.78 Å². The van der Waals surface area contributed by atoms with E-state index >= 15 is 0 Å². The van der Waals surface area contributed by atoms with Gasteiger partial charge in [0.2, 0.25) is 0 Å². The number of amides is 2. The lowest BCUT2D eigenvalue weighted by molar-refractivity contribution is 0.240. The van der Waals surface area contributed by atoms with Crippen molar-refractivity contribution in [3.05, 3.63) is 53.5 Å². The van der Waals surface area contributed by atoms with Crippen molar-refractivity contribution < 1.29 is 4.79 Å². The molecule has 2 amide bonds. The first kappa shape index (κ1) is 15.3. The summed E-state index contributed by atoms with van der Waals surface area (Å²) < 4.78 is 0. The van der Waals surface area contributed by atoms with E-state index in [0.717, 1.165) is 42.9 Å². The van der Waals surface area contributed by atoms with E-state index in [1.807, 2.05) is 18.2 Å². The van der Waals surface area contributed by atoms with Crippen molar-refractivity contribution in [3.63, 3.8) is 0 Å². The molecule has 120 valence electrons. The number of fused-ring (bicyclic) bond motifs is 1. The number of rotatable bonds is 5. The number of nitrogens with zero attached hydrogens (tertiary/aromatic N) is 2. The number of aromatic nitrogens is 2. The fraction of sp³-hybridized carbons (Fsp3) is 0.353. The summed E-state index contributed by atoms with van der Waals surface area (Å²) in [5.74, 6) is 0.996. The standard InChI is InChI=1S/C17H21N5O/c23-17(21-12-13-5-9-18-10-6-13)20-11-7-15-4-3-14-2-1-8-19-16(14)22-15/h3-6,9-10H,1-2,7-8,11-12H2,(H,19,22)(H2,20,21,23). The highest BCUT2D eigenvalue weighted by Gasteiger charge is 2.10. The molecular formula is C17H21N5O. The minimum absolute atomic E-state index is 0.169. The molecule has 23 heavy (non-hydrogen) atoms. The van der Waals surface area contributed by atoms with Gasteiger partial charge in [-0.15, -0.1) is 0 Å². The smallest absolute Gasteiger partial charge is 0.315 e. The Balaban J connectivity index is 1.41. The number of urea groups is 1. The third kappa shape index (κ3) is 4.42. The zero-order valence-corrected chi connectivity index (χ0v) is 13.0. The molecule has 0 bridgehead atoms. The Kier molecular flexibility index (Phi) is 5.03. The fourth-order valence-corrected chi connectivity index (χ4v) is 2.56. The topological polar surface area (TPSA) is 78.9 Å². The average Bonchev–Trinajstić information content (AvgIpc) is 2.61. The van der Waals surface area contributed by atoms with Gasteiger partial charge in [0.1, 0.15) is 5.82 Å². The summed E-state index contributed by atoms with van der Waals surface area (Å²) >= 11 is 0. The average molecular weight is 311 g/mol. The maximum atomic E-state index is 11.8. The predicted molar refractivity (Wildman–Crippen MR) is 89.2 cm³/mol. The number of aryl methyl sites for hydroxylation is 1. The van der Waals surface area contributed by atoms with Gasteiger partial charge in [-0.05, 0) is 42.2 Å². The van der Waals surface area contributed by atoms with Crippen LogP contribution in [0.4, 0.5) is 10.6 Å². The third-order valence-corrected chi connectivity index (χ3v) is 3.82. The van der Waals surface area contributed by atoms with Crippen LogP contribution in [-0.2, 0) is 19.4 Å². The molecule has 2 aromatic rings. The van der Waals surface area contributed by atoms with Crippen LogP contribution in [-0.4, -0.2) is 29.1 Å². The second-order valence-electron chi connectivity index (χ2n) is 5.56. The quantitative estimate of drug-likeness (QED) is 0.788. The van der Waals surface area contributed by atoms with E-state index in [0.29, 0.717) is 13.1 Å². The predicted octanol–water partition coefficient (Wildman–Crippen LogP) is 1.88. The number of hydrogen-bond donors (Lipinski definition) is 3. The summed E-state index contributed by atoms with van der Waals surface area (Å²) in [5.41, 5.74) is 3.30. The van der Waals surface area contributed by atoms with E-state index in [-0.39, 0.29) is 6.03 Å². The van der Waals surface area contributed by atoms with Crippen molar-refractivity contribution in [1.82, 2.24) is 20.6 Å². The minimum Gasteiger partial charge on any atom is -0.370 e. The largest absolute Gasteiger partial charge is 0.370 e. The van der Waals surface area contributed by atoms with Crippen LogP contribution >= 0.6 is 0 Å². The van der Waals surface area contributed by atoms with Crippen LogP contribution in [0.1, 0.15) is 23.2 Å². The first-order valence-electron chi connectivity index (χ1n) is 7.94. The molecule has 0 aromatic carbocycles. The Morgan fingerprint density at radius 3 is 2.91 bits per heavy atom. The normalized spacial score (nSPS) is 12.9. The van der Waals surface area contributed by atoms with E-state index in [1.165, 1.54) is 5.56 Å². The van der Waals surface area contributed by atoms with Gasteiger partial charge in [0.25, 0.3) is 0 Å². The van der Waals surface area contributed by atoms with Gasteiger partial charge in [-0.1, -0.05) is 6.07 Å². The molecule has 3 rings (SSSR count). The van der Waals surface area contributed by atoms with Crippen LogP contribution in [0.5, 0.6) is 0 Å².